The summed E-state index contributed by atoms with van der Waals surface area (Å²) < 4.78 is 5.78. The van der Waals surface area contributed by atoms with E-state index in [4.69, 9.17) is 21.1 Å². The van der Waals surface area contributed by atoms with Crippen molar-refractivity contribution in [3.8, 4) is 17.1 Å². The van der Waals surface area contributed by atoms with Crippen molar-refractivity contribution >= 4 is 52.2 Å². The highest BCUT2D eigenvalue weighted by molar-refractivity contribution is 8.18. The summed E-state index contributed by atoms with van der Waals surface area (Å²) in [5.74, 6) is -0.835. The molecule has 0 spiro atoms. The Kier molecular flexibility index (Phi) is 5.35. The number of amides is 1. The maximum absolute atomic E-state index is 12.2. The fourth-order valence-electron chi connectivity index (χ4n) is 2.70. The van der Waals surface area contributed by atoms with Gasteiger partial charge in [0.1, 0.15) is 22.8 Å². The van der Waals surface area contributed by atoms with Crippen LogP contribution in [0.2, 0.25) is 5.02 Å². The molecule has 1 aromatic heterocycles. The maximum Gasteiger partial charge on any atom is 0.339 e. The Bertz CT molecular complexity index is 1210. The Labute approximate surface area is 179 Å². The van der Waals surface area contributed by atoms with E-state index in [2.05, 4.69) is 10.3 Å². The number of carbonyl (C=O) groups is 2. The second kappa shape index (κ2) is 8.10. The molecule has 3 N–H and O–H groups in total. The molecule has 0 unspecified atom stereocenters. The number of rotatable bonds is 4. The number of aromatic carboxylic acids is 1. The van der Waals surface area contributed by atoms with E-state index in [0.29, 0.717) is 32.3 Å². The van der Waals surface area contributed by atoms with Gasteiger partial charge >= 0.3 is 5.97 Å². The Morgan fingerprint density at radius 2 is 1.90 bits per heavy atom. The molecule has 30 heavy (non-hydrogen) atoms. The Hall–Kier alpha value is -3.49. The molecular weight excluding hydrogens is 428 g/mol. The molecule has 0 saturated carbocycles. The molecule has 1 aliphatic rings. The number of hydrogen-bond donors (Lipinski definition) is 3. The lowest BCUT2D eigenvalue weighted by Gasteiger charge is -2.01. The van der Waals surface area contributed by atoms with Crippen molar-refractivity contribution in [2.45, 2.75) is 0 Å². The van der Waals surface area contributed by atoms with Gasteiger partial charge in [0.2, 0.25) is 0 Å². The van der Waals surface area contributed by atoms with Crippen molar-refractivity contribution in [3.05, 3.63) is 75.8 Å². The molecule has 0 aliphatic carbocycles. The number of carboxylic acids is 1. The van der Waals surface area contributed by atoms with Gasteiger partial charge in [-0.25, -0.2) is 9.79 Å². The van der Waals surface area contributed by atoms with Gasteiger partial charge in [-0.15, -0.1) is 0 Å². The lowest BCUT2D eigenvalue weighted by atomic mass is 10.2. The third kappa shape index (κ3) is 4.24. The van der Waals surface area contributed by atoms with Crippen LogP contribution in [-0.2, 0) is 4.79 Å². The zero-order chi connectivity index (χ0) is 21.3. The molecule has 2 aromatic carbocycles. The zero-order valence-corrected chi connectivity index (χ0v) is 16.7. The number of benzene rings is 2. The molecule has 3 aromatic rings. The van der Waals surface area contributed by atoms with Crippen LogP contribution in [0.5, 0.6) is 5.75 Å². The van der Waals surface area contributed by atoms with Crippen LogP contribution in [0.3, 0.4) is 0 Å². The van der Waals surface area contributed by atoms with E-state index in [-0.39, 0.29) is 11.5 Å². The normalized spacial score (nSPS) is 16.2. The number of aromatic hydroxyl groups is 1. The number of halogens is 1. The number of hydrogen-bond acceptors (Lipinski definition) is 6. The molecule has 150 valence electrons. The number of nitrogens with zero attached hydrogens (tertiary/aromatic N) is 1. The van der Waals surface area contributed by atoms with Gasteiger partial charge in [-0.05, 0) is 60.3 Å². The van der Waals surface area contributed by atoms with Crippen molar-refractivity contribution in [2.75, 3.05) is 0 Å². The summed E-state index contributed by atoms with van der Waals surface area (Å²) in [6.45, 7) is 0. The summed E-state index contributed by atoms with van der Waals surface area (Å²) in [6.07, 6.45) is 1.60. The molecule has 1 amide bonds. The van der Waals surface area contributed by atoms with Crippen LogP contribution in [0, 0.1) is 0 Å². The molecule has 1 aliphatic heterocycles. The average Bonchev–Trinajstić information content (AvgIpc) is 3.29. The highest BCUT2D eigenvalue weighted by atomic mass is 35.5. The smallest absolute Gasteiger partial charge is 0.339 e. The highest BCUT2D eigenvalue weighted by Crippen LogP contribution is 2.31. The number of amidine groups is 1. The molecule has 0 atom stereocenters. The van der Waals surface area contributed by atoms with Crippen molar-refractivity contribution < 1.29 is 24.2 Å². The minimum atomic E-state index is -1.24. The summed E-state index contributed by atoms with van der Waals surface area (Å²) in [5, 5.41) is 22.3. The Morgan fingerprint density at radius 3 is 2.60 bits per heavy atom. The first-order valence-electron chi connectivity index (χ1n) is 8.61. The topological polar surface area (TPSA) is 112 Å². The molecular formula is C21H13ClN2O5S. The van der Waals surface area contributed by atoms with Crippen LogP contribution in [0.25, 0.3) is 17.4 Å². The maximum atomic E-state index is 12.2. The number of carboxylic acid groups (broad SMARTS) is 1. The molecule has 1 saturated heterocycles. The minimum absolute atomic E-state index is 0.225. The monoisotopic (exact) mass is 440 g/mol. The summed E-state index contributed by atoms with van der Waals surface area (Å²) >= 11 is 7.00. The van der Waals surface area contributed by atoms with Crippen molar-refractivity contribution in [1.82, 2.24) is 5.32 Å². The quantitative estimate of drug-likeness (QED) is 0.497. The number of thioether (sulfide) groups is 1. The zero-order valence-electron chi connectivity index (χ0n) is 15.1. The summed E-state index contributed by atoms with van der Waals surface area (Å²) in [4.78, 5) is 27.8. The van der Waals surface area contributed by atoms with Gasteiger partial charge in [-0.1, -0.05) is 11.6 Å². The number of carbonyl (C=O) groups excluding carboxylic acids is 1. The van der Waals surface area contributed by atoms with Gasteiger partial charge in [-0.2, -0.15) is 0 Å². The van der Waals surface area contributed by atoms with Crippen molar-refractivity contribution in [1.29, 1.82) is 0 Å². The Morgan fingerprint density at radius 1 is 1.13 bits per heavy atom. The molecule has 0 bridgehead atoms. The van der Waals surface area contributed by atoms with E-state index in [9.17, 15) is 14.7 Å². The van der Waals surface area contributed by atoms with E-state index in [1.54, 1.807) is 30.3 Å². The minimum Gasteiger partial charge on any atom is -0.507 e. The molecule has 0 radical (unpaired) electrons. The lowest BCUT2D eigenvalue weighted by molar-refractivity contribution is -0.115. The van der Waals surface area contributed by atoms with Gasteiger partial charge in [0.25, 0.3) is 5.91 Å². The van der Waals surface area contributed by atoms with E-state index in [1.165, 1.54) is 18.2 Å². The van der Waals surface area contributed by atoms with Crippen LogP contribution in [0.4, 0.5) is 5.69 Å². The van der Waals surface area contributed by atoms with E-state index < -0.39 is 11.7 Å². The van der Waals surface area contributed by atoms with Crippen LogP contribution >= 0.6 is 23.4 Å². The highest BCUT2D eigenvalue weighted by Gasteiger charge is 2.24. The third-order valence-corrected chi connectivity index (χ3v) is 5.28. The van der Waals surface area contributed by atoms with Crippen LogP contribution in [-0.4, -0.2) is 27.3 Å². The van der Waals surface area contributed by atoms with Gasteiger partial charge < -0.3 is 19.9 Å². The largest absolute Gasteiger partial charge is 0.507 e. The number of aliphatic imine (C=N–C) groups is 1. The van der Waals surface area contributed by atoms with Gasteiger partial charge in [-0.3, -0.25) is 4.79 Å². The van der Waals surface area contributed by atoms with Crippen LogP contribution < -0.4 is 5.32 Å². The molecule has 2 heterocycles. The first-order chi connectivity index (χ1) is 14.4. The summed E-state index contributed by atoms with van der Waals surface area (Å²) in [5.41, 5.74) is 0.945. The third-order valence-electron chi connectivity index (χ3n) is 4.12. The van der Waals surface area contributed by atoms with E-state index in [0.717, 1.165) is 17.3 Å². The predicted octanol–water partition coefficient (Wildman–Crippen LogP) is 4.90. The first-order valence-corrected chi connectivity index (χ1v) is 9.80. The van der Waals surface area contributed by atoms with Crippen LogP contribution in [0.15, 0.2) is 68.9 Å². The molecule has 4 rings (SSSR count). The van der Waals surface area contributed by atoms with Crippen molar-refractivity contribution in [2.24, 2.45) is 4.99 Å². The van der Waals surface area contributed by atoms with Crippen LogP contribution in [0.1, 0.15) is 16.1 Å². The number of furan rings is 1. The molecule has 9 heteroatoms. The van der Waals surface area contributed by atoms with Gasteiger partial charge in [0, 0.05) is 22.7 Å². The van der Waals surface area contributed by atoms with E-state index >= 15 is 0 Å². The summed E-state index contributed by atoms with van der Waals surface area (Å²) in [7, 11) is 0. The number of nitrogens with one attached hydrogen (secondary N) is 1. The summed E-state index contributed by atoms with van der Waals surface area (Å²) in [6, 6.07) is 14.7. The second-order valence-corrected chi connectivity index (χ2v) is 7.66. The molecule has 1 fully saturated rings. The fourth-order valence-corrected chi connectivity index (χ4v) is 3.64. The number of phenols is 1. The standard InChI is InChI=1S/C21H13ClN2O5S/c22-12-3-1-11(2-4-12)17-8-6-14(29-17)10-18-19(26)24-21(30-18)23-13-5-7-15(20(27)28)16(25)9-13/h1-10,25H,(H,27,28)(H,23,24,26). The first kappa shape index (κ1) is 19.8. The van der Waals surface area contributed by atoms with E-state index in [1.807, 2.05) is 12.1 Å². The predicted molar refractivity (Wildman–Crippen MR) is 115 cm³/mol. The SMILES string of the molecule is O=C1NC(=Nc2ccc(C(=O)O)c(O)c2)SC1=Cc1ccc(-c2ccc(Cl)cc2)o1. The fraction of sp³-hybridized carbons (Fsp3) is 0. The van der Waals surface area contributed by atoms with Crippen molar-refractivity contribution in [3.63, 3.8) is 0 Å². The Balaban J connectivity index is 1.53. The molecule has 7 nitrogen and oxygen atoms in total. The van der Waals surface area contributed by atoms with Gasteiger partial charge in [0.05, 0.1) is 10.6 Å². The second-order valence-electron chi connectivity index (χ2n) is 6.20. The lowest BCUT2D eigenvalue weighted by Crippen LogP contribution is -2.19. The van der Waals surface area contributed by atoms with Gasteiger partial charge in [0.15, 0.2) is 5.17 Å². The average molecular weight is 441 g/mol.